The largest absolute Gasteiger partial charge is 0.459 e. The van der Waals surface area contributed by atoms with Gasteiger partial charge in [-0.2, -0.15) is 0 Å². The van der Waals surface area contributed by atoms with Gasteiger partial charge in [0.15, 0.2) is 5.76 Å². The number of aromatic nitrogens is 1. The van der Waals surface area contributed by atoms with Gasteiger partial charge in [-0.25, -0.2) is 0 Å². The Morgan fingerprint density at radius 2 is 1.97 bits per heavy atom. The van der Waals surface area contributed by atoms with E-state index in [1.165, 1.54) is 23.1 Å². The second kappa shape index (κ2) is 8.38. The highest BCUT2D eigenvalue weighted by Crippen LogP contribution is 2.29. The van der Waals surface area contributed by atoms with E-state index in [9.17, 15) is 9.59 Å². The fourth-order valence-corrected chi connectivity index (χ4v) is 4.42. The maximum atomic E-state index is 13.6. The molecule has 6 nitrogen and oxygen atoms in total. The summed E-state index contributed by atoms with van der Waals surface area (Å²) in [5.74, 6) is -0.269. The van der Waals surface area contributed by atoms with Gasteiger partial charge in [0.25, 0.3) is 5.91 Å². The summed E-state index contributed by atoms with van der Waals surface area (Å²) in [6.45, 7) is 3.21. The number of fused-ring (bicyclic) bond motifs is 3. The van der Waals surface area contributed by atoms with Gasteiger partial charge in [-0.1, -0.05) is 42.0 Å². The van der Waals surface area contributed by atoms with E-state index in [2.05, 4.69) is 35.4 Å². The van der Waals surface area contributed by atoms with Crippen LogP contribution in [0.1, 0.15) is 32.9 Å². The second-order valence-electron chi connectivity index (χ2n) is 8.33. The molecule has 0 fully saturated rings. The van der Waals surface area contributed by atoms with Gasteiger partial charge in [0, 0.05) is 48.1 Å². The summed E-state index contributed by atoms with van der Waals surface area (Å²) in [7, 11) is 0. The highest BCUT2D eigenvalue weighted by molar-refractivity contribution is 5.96. The summed E-state index contributed by atoms with van der Waals surface area (Å²) in [5.41, 5.74) is 5.64. The summed E-state index contributed by atoms with van der Waals surface area (Å²) < 4.78 is 5.23. The Balaban J connectivity index is 1.41. The molecule has 0 aliphatic carbocycles. The Bertz CT molecular complexity index is 1260. The topological polar surface area (TPSA) is 78.3 Å². The molecule has 2 amide bonds. The minimum absolute atomic E-state index is 0.0820. The lowest BCUT2D eigenvalue weighted by Gasteiger charge is -2.31. The van der Waals surface area contributed by atoms with Crippen LogP contribution in [0.25, 0.3) is 10.9 Å². The Labute approximate surface area is 186 Å². The minimum Gasteiger partial charge on any atom is -0.459 e. The fraction of sp³-hybridized carbons (Fsp3) is 0.231. The lowest BCUT2D eigenvalue weighted by molar-refractivity contribution is -0.134. The van der Waals surface area contributed by atoms with Crippen molar-refractivity contribution in [2.24, 2.45) is 0 Å². The average molecular weight is 428 g/mol. The van der Waals surface area contributed by atoms with Crippen molar-refractivity contribution in [2.45, 2.75) is 32.4 Å². The number of benzene rings is 2. The van der Waals surface area contributed by atoms with Gasteiger partial charge in [0.2, 0.25) is 5.91 Å². The van der Waals surface area contributed by atoms with Crippen LogP contribution in [0, 0.1) is 6.92 Å². The molecule has 0 spiro atoms. The van der Waals surface area contributed by atoms with Gasteiger partial charge in [-0.3, -0.25) is 9.59 Å². The first-order valence-electron chi connectivity index (χ1n) is 10.9. The number of carbonyl (C=O) groups excluding carboxylic acids is 2. The zero-order valence-electron chi connectivity index (χ0n) is 17.9. The number of rotatable bonds is 5. The van der Waals surface area contributed by atoms with E-state index >= 15 is 0 Å². The molecule has 2 N–H and O–H groups in total. The maximum absolute atomic E-state index is 13.6. The van der Waals surface area contributed by atoms with Gasteiger partial charge >= 0.3 is 0 Å². The van der Waals surface area contributed by atoms with E-state index < -0.39 is 6.04 Å². The van der Waals surface area contributed by atoms with Gasteiger partial charge in [0.1, 0.15) is 6.04 Å². The van der Waals surface area contributed by atoms with Crippen molar-refractivity contribution in [1.29, 1.82) is 0 Å². The molecule has 1 atom stereocenters. The first kappa shape index (κ1) is 20.1. The molecule has 6 heteroatoms. The number of nitrogens with one attached hydrogen (secondary N) is 2. The third kappa shape index (κ3) is 3.91. The number of aryl methyl sites for hydroxylation is 1. The number of hydrogen-bond acceptors (Lipinski definition) is 3. The van der Waals surface area contributed by atoms with Crippen molar-refractivity contribution in [3.8, 4) is 0 Å². The number of furan rings is 1. The van der Waals surface area contributed by atoms with Crippen molar-refractivity contribution in [1.82, 2.24) is 15.2 Å². The Kier molecular flexibility index (Phi) is 5.27. The predicted octanol–water partition coefficient (Wildman–Crippen LogP) is 4.00. The van der Waals surface area contributed by atoms with Crippen LogP contribution >= 0.6 is 0 Å². The van der Waals surface area contributed by atoms with Crippen LogP contribution in [0.4, 0.5) is 0 Å². The van der Waals surface area contributed by atoms with E-state index in [1.54, 1.807) is 12.1 Å². The van der Waals surface area contributed by atoms with Gasteiger partial charge in [-0.05, 0) is 36.8 Å². The molecule has 1 aliphatic heterocycles. The SMILES string of the molecule is Cc1ccc2[nH]c3c(c2c1)CN(C(=O)[C@@H](Cc1ccccc1)NC(=O)c1ccco1)CC3. The molecular formula is C26H25N3O3. The van der Waals surface area contributed by atoms with E-state index in [-0.39, 0.29) is 17.6 Å². The molecule has 32 heavy (non-hydrogen) atoms. The Morgan fingerprint density at radius 3 is 2.75 bits per heavy atom. The maximum Gasteiger partial charge on any atom is 0.287 e. The summed E-state index contributed by atoms with van der Waals surface area (Å²) >= 11 is 0. The summed E-state index contributed by atoms with van der Waals surface area (Å²) in [4.78, 5) is 31.7. The molecule has 3 heterocycles. The monoisotopic (exact) mass is 427 g/mol. The van der Waals surface area contributed by atoms with Crippen molar-refractivity contribution in [3.63, 3.8) is 0 Å². The van der Waals surface area contributed by atoms with Gasteiger partial charge in [-0.15, -0.1) is 0 Å². The van der Waals surface area contributed by atoms with E-state index in [4.69, 9.17) is 4.42 Å². The molecule has 2 aromatic carbocycles. The first-order valence-corrected chi connectivity index (χ1v) is 10.9. The molecule has 162 valence electrons. The summed E-state index contributed by atoms with van der Waals surface area (Å²) in [5, 5.41) is 4.06. The van der Waals surface area contributed by atoms with Crippen LogP contribution in [0.3, 0.4) is 0 Å². The van der Waals surface area contributed by atoms with Crippen molar-refractivity contribution in [3.05, 3.63) is 95.1 Å². The molecule has 1 aliphatic rings. The van der Waals surface area contributed by atoms with Crippen molar-refractivity contribution < 1.29 is 14.0 Å². The number of nitrogens with zero attached hydrogens (tertiary/aromatic N) is 1. The highest BCUT2D eigenvalue weighted by Gasteiger charge is 2.31. The molecule has 4 aromatic rings. The fourth-order valence-electron chi connectivity index (χ4n) is 4.42. The molecule has 0 saturated heterocycles. The smallest absolute Gasteiger partial charge is 0.287 e. The number of hydrogen-bond donors (Lipinski definition) is 2. The molecular weight excluding hydrogens is 402 g/mol. The lowest BCUT2D eigenvalue weighted by Crippen LogP contribution is -2.50. The molecule has 0 saturated carbocycles. The van der Waals surface area contributed by atoms with E-state index in [1.807, 2.05) is 35.2 Å². The van der Waals surface area contributed by atoms with E-state index in [0.29, 0.717) is 19.5 Å². The van der Waals surface area contributed by atoms with Gasteiger partial charge in [0.05, 0.1) is 6.26 Å². The van der Waals surface area contributed by atoms with Crippen molar-refractivity contribution in [2.75, 3.05) is 6.54 Å². The average Bonchev–Trinajstić information content (AvgIpc) is 3.47. The van der Waals surface area contributed by atoms with Crippen LogP contribution < -0.4 is 5.32 Å². The van der Waals surface area contributed by atoms with Crippen LogP contribution in [0.15, 0.2) is 71.3 Å². The molecule has 0 radical (unpaired) electrons. The standard InChI is InChI=1S/C26H25N3O3/c1-17-9-10-21-19(14-17)20-16-29(12-11-22(20)27-21)26(31)23(15-18-6-3-2-4-7-18)28-25(30)24-8-5-13-32-24/h2-10,13-14,23,27H,11-12,15-16H2,1H3,(H,28,30)/t23-/m1/s1. The lowest BCUT2D eigenvalue weighted by atomic mass is 10.0. The molecule has 0 bridgehead atoms. The first-order chi connectivity index (χ1) is 15.6. The number of amides is 2. The Morgan fingerprint density at radius 1 is 1.12 bits per heavy atom. The zero-order chi connectivity index (χ0) is 22.1. The van der Waals surface area contributed by atoms with Crippen LogP contribution in [0.5, 0.6) is 0 Å². The van der Waals surface area contributed by atoms with Crippen molar-refractivity contribution >= 4 is 22.7 Å². The molecule has 5 rings (SSSR count). The summed E-state index contributed by atoms with van der Waals surface area (Å²) in [6.07, 6.45) is 2.63. The molecule has 0 unspecified atom stereocenters. The summed E-state index contributed by atoms with van der Waals surface area (Å²) in [6, 6.07) is 18.7. The normalized spacial score (nSPS) is 14.2. The van der Waals surface area contributed by atoms with Crippen LogP contribution in [0.2, 0.25) is 0 Å². The number of carbonyl (C=O) groups is 2. The van der Waals surface area contributed by atoms with Gasteiger partial charge < -0.3 is 19.6 Å². The minimum atomic E-state index is -0.677. The predicted molar refractivity (Wildman–Crippen MR) is 122 cm³/mol. The number of aromatic amines is 1. The zero-order valence-corrected chi connectivity index (χ0v) is 17.9. The third-order valence-corrected chi connectivity index (χ3v) is 6.07. The van der Waals surface area contributed by atoms with Crippen LogP contribution in [-0.2, 0) is 24.2 Å². The number of H-pyrrole nitrogens is 1. The second-order valence-corrected chi connectivity index (χ2v) is 8.33. The van der Waals surface area contributed by atoms with E-state index in [0.717, 1.165) is 22.9 Å². The quantitative estimate of drug-likeness (QED) is 0.505. The Hall–Kier alpha value is -3.80. The molecule has 2 aromatic heterocycles. The van der Waals surface area contributed by atoms with Crippen LogP contribution in [-0.4, -0.2) is 34.3 Å². The third-order valence-electron chi connectivity index (χ3n) is 6.07. The highest BCUT2D eigenvalue weighted by atomic mass is 16.3.